The molecule has 12 heteroatoms. The molecule has 0 aliphatic carbocycles. The maximum atomic E-state index is 14.7. The normalized spacial score (nSPS) is 12.5. The lowest BCUT2D eigenvalue weighted by Gasteiger charge is -2.34. The molecule has 9 nitrogen and oxygen atoms in total. The Morgan fingerprint density at radius 3 is 2.15 bits per heavy atom. The zero-order valence-electron chi connectivity index (χ0n) is 27.2. The van der Waals surface area contributed by atoms with E-state index >= 15 is 0 Å². The molecule has 0 aliphatic heterocycles. The van der Waals surface area contributed by atoms with Crippen molar-refractivity contribution < 1.29 is 27.5 Å². The molecule has 48 heavy (non-hydrogen) atoms. The van der Waals surface area contributed by atoms with Crippen molar-refractivity contribution in [2.75, 3.05) is 25.1 Å². The molecule has 0 fully saturated rings. The monoisotopic (exact) mass is 711 g/mol. The predicted octanol–water partition coefficient (Wildman–Crippen LogP) is 6.76. The molecule has 4 aromatic rings. The third kappa shape index (κ3) is 9.00. The Morgan fingerprint density at radius 2 is 1.54 bits per heavy atom. The van der Waals surface area contributed by atoms with Crippen molar-refractivity contribution in [3.63, 3.8) is 0 Å². The van der Waals surface area contributed by atoms with Crippen molar-refractivity contribution in [2.45, 2.75) is 50.2 Å². The second kappa shape index (κ2) is 16.7. The SMILES string of the molecule is CC[C@@H](C)NC(=O)[C@H](Cc1ccccc1)N(Cc1ccc(Cl)cc1Cl)C(=O)CN(c1cc(OC)ccc1OC)S(=O)(=O)c1ccccc1. The topological polar surface area (TPSA) is 105 Å². The van der Waals surface area contributed by atoms with Gasteiger partial charge in [0, 0.05) is 35.1 Å². The van der Waals surface area contributed by atoms with E-state index < -0.39 is 28.5 Å². The predicted molar refractivity (Wildman–Crippen MR) is 189 cm³/mol. The maximum absolute atomic E-state index is 14.7. The third-order valence-corrected chi connectivity index (χ3v) is 10.3. The fourth-order valence-corrected chi connectivity index (χ4v) is 6.96. The van der Waals surface area contributed by atoms with Gasteiger partial charge in [-0.15, -0.1) is 0 Å². The average molecular weight is 713 g/mol. The summed E-state index contributed by atoms with van der Waals surface area (Å²) in [5.41, 5.74) is 1.42. The minimum absolute atomic E-state index is 0.0367. The number of hydrogen-bond acceptors (Lipinski definition) is 6. The number of ether oxygens (including phenoxy) is 2. The minimum Gasteiger partial charge on any atom is -0.497 e. The molecule has 0 bridgehead atoms. The highest BCUT2D eigenvalue weighted by Gasteiger charge is 2.36. The van der Waals surface area contributed by atoms with E-state index in [2.05, 4.69) is 5.32 Å². The van der Waals surface area contributed by atoms with Crippen molar-refractivity contribution in [1.29, 1.82) is 0 Å². The zero-order chi connectivity index (χ0) is 34.8. The van der Waals surface area contributed by atoms with Gasteiger partial charge in [0.15, 0.2) is 0 Å². The average Bonchev–Trinajstić information content (AvgIpc) is 3.09. The summed E-state index contributed by atoms with van der Waals surface area (Å²) in [6.45, 7) is 3.05. The number of carbonyl (C=O) groups is 2. The van der Waals surface area contributed by atoms with Gasteiger partial charge in [-0.05, 0) is 60.9 Å². The molecule has 0 saturated carbocycles. The smallest absolute Gasteiger partial charge is 0.264 e. The summed E-state index contributed by atoms with van der Waals surface area (Å²) in [6, 6.07) is 25.4. The first-order valence-electron chi connectivity index (χ1n) is 15.4. The molecule has 2 atom stereocenters. The van der Waals surface area contributed by atoms with E-state index in [1.54, 1.807) is 48.5 Å². The molecular weight excluding hydrogens is 673 g/mol. The van der Waals surface area contributed by atoms with Crippen LogP contribution in [0.2, 0.25) is 10.0 Å². The second-order valence-electron chi connectivity index (χ2n) is 11.1. The van der Waals surface area contributed by atoms with Gasteiger partial charge >= 0.3 is 0 Å². The number of anilines is 1. The zero-order valence-corrected chi connectivity index (χ0v) is 29.6. The number of benzene rings is 4. The lowest BCUT2D eigenvalue weighted by molar-refractivity contribution is -0.140. The number of carbonyl (C=O) groups excluding carboxylic acids is 2. The van der Waals surface area contributed by atoms with Crippen LogP contribution in [0, 0.1) is 0 Å². The van der Waals surface area contributed by atoms with Crippen molar-refractivity contribution in [1.82, 2.24) is 10.2 Å². The highest BCUT2D eigenvalue weighted by atomic mass is 35.5. The van der Waals surface area contributed by atoms with Gasteiger partial charge in [-0.25, -0.2) is 8.42 Å². The van der Waals surface area contributed by atoms with Crippen molar-refractivity contribution >= 4 is 50.7 Å². The Hall–Kier alpha value is -4.25. The standard InChI is InChI=1S/C36H39Cl2N3O6S/c1-5-25(2)39-36(43)33(20-26-12-8-6-9-13-26)40(23-27-16-17-28(37)21-31(27)38)35(42)24-41(48(44,45)30-14-10-7-11-15-30)32-22-29(46-3)18-19-34(32)47-4/h6-19,21-22,25,33H,5,20,23-24H2,1-4H3,(H,39,43)/t25-,33+/m1/s1. The van der Waals surface area contributed by atoms with Crippen LogP contribution in [0.5, 0.6) is 11.5 Å². The Kier molecular flexibility index (Phi) is 12.7. The van der Waals surface area contributed by atoms with Gasteiger partial charge in [0.2, 0.25) is 11.8 Å². The summed E-state index contributed by atoms with van der Waals surface area (Å²) in [7, 11) is -1.49. The van der Waals surface area contributed by atoms with Crippen molar-refractivity contribution in [2.24, 2.45) is 0 Å². The van der Waals surface area contributed by atoms with Crippen LogP contribution in [0.25, 0.3) is 0 Å². The maximum Gasteiger partial charge on any atom is 0.264 e. The van der Waals surface area contributed by atoms with Crippen LogP contribution in [0.1, 0.15) is 31.4 Å². The molecule has 0 aliphatic rings. The lowest BCUT2D eigenvalue weighted by atomic mass is 10.0. The summed E-state index contributed by atoms with van der Waals surface area (Å²) in [5.74, 6) is -0.481. The van der Waals surface area contributed by atoms with Gasteiger partial charge < -0.3 is 19.7 Å². The highest BCUT2D eigenvalue weighted by Crippen LogP contribution is 2.36. The Bertz CT molecular complexity index is 1810. The quantitative estimate of drug-likeness (QED) is 0.146. The third-order valence-electron chi connectivity index (χ3n) is 7.89. The van der Waals surface area contributed by atoms with Crippen LogP contribution in [-0.4, -0.2) is 58.0 Å². The van der Waals surface area contributed by atoms with Gasteiger partial charge in [-0.1, -0.05) is 84.7 Å². The van der Waals surface area contributed by atoms with Gasteiger partial charge in [0.25, 0.3) is 10.0 Å². The Labute approximate surface area is 292 Å². The molecule has 1 N–H and O–H groups in total. The van der Waals surface area contributed by atoms with E-state index in [4.69, 9.17) is 32.7 Å². The van der Waals surface area contributed by atoms with E-state index in [0.717, 1.165) is 9.87 Å². The van der Waals surface area contributed by atoms with E-state index in [0.29, 0.717) is 27.8 Å². The van der Waals surface area contributed by atoms with E-state index in [1.807, 2.05) is 44.2 Å². The second-order valence-corrected chi connectivity index (χ2v) is 13.8. The van der Waals surface area contributed by atoms with Crippen molar-refractivity contribution in [3.8, 4) is 11.5 Å². The van der Waals surface area contributed by atoms with Crippen LogP contribution >= 0.6 is 23.2 Å². The first-order valence-corrected chi connectivity index (χ1v) is 17.6. The number of sulfonamides is 1. The highest BCUT2D eigenvalue weighted by molar-refractivity contribution is 7.92. The van der Waals surface area contributed by atoms with Crippen LogP contribution in [-0.2, 0) is 32.6 Å². The summed E-state index contributed by atoms with van der Waals surface area (Å²) >= 11 is 12.8. The Balaban J connectivity index is 1.88. The molecule has 0 aromatic heterocycles. The van der Waals surface area contributed by atoms with Crippen LogP contribution in [0.3, 0.4) is 0 Å². The number of nitrogens with zero attached hydrogens (tertiary/aromatic N) is 2. The van der Waals surface area contributed by atoms with Crippen molar-refractivity contribution in [3.05, 3.63) is 118 Å². The largest absolute Gasteiger partial charge is 0.497 e. The van der Waals surface area contributed by atoms with Gasteiger partial charge in [0.05, 0.1) is 24.8 Å². The first-order chi connectivity index (χ1) is 23.0. The molecule has 0 spiro atoms. The number of methoxy groups -OCH3 is 2. The summed E-state index contributed by atoms with van der Waals surface area (Å²) in [6.07, 6.45) is 0.827. The number of amides is 2. The summed E-state index contributed by atoms with van der Waals surface area (Å²) < 4.78 is 40.6. The van der Waals surface area contributed by atoms with Gasteiger partial charge in [-0.3, -0.25) is 13.9 Å². The molecule has 2 amide bonds. The summed E-state index contributed by atoms with van der Waals surface area (Å²) in [4.78, 5) is 30.1. The van der Waals surface area contributed by atoms with E-state index in [-0.39, 0.29) is 41.2 Å². The molecule has 0 saturated heterocycles. The molecule has 4 rings (SSSR count). The fourth-order valence-electron chi connectivity index (χ4n) is 5.05. The molecule has 254 valence electrons. The lowest BCUT2D eigenvalue weighted by Crippen LogP contribution is -2.54. The van der Waals surface area contributed by atoms with Crippen LogP contribution in [0.4, 0.5) is 5.69 Å². The number of nitrogens with one attached hydrogen (secondary N) is 1. The van der Waals surface area contributed by atoms with E-state index in [1.165, 1.54) is 37.3 Å². The molecule has 0 unspecified atom stereocenters. The first kappa shape index (κ1) is 36.6. The minimum atomic E-state index is -4.35. The fraction of sp³-hybridized carbons (Fsp3) is 0.278. The van der Waals surface area contributed by atoms with Gasteiger partial charge in [-0.2, -0.15) is 0 Å². The summed E-state index contributed by atoms with van der Waals surface area (Å²) in [5, 5.41) is 3.71. The number of rotatable bonds is 15. The molecule has 4 aromatic carbocycles. The number of hydrogen-bond donors (Lipinski definition) is 1. The van der Waals surface area contributed by atoms with Crippen LogP contribution in [0.15, 0.2) is 102 Å². The Morgan fingerprint density at radius 1 is 0.875 bits per heavy atom. The van der Waals surface area contributed by atoms with Gasteiger partial charge in [0.1, 0.15) is 24.1 Å². The van der Waals surface area contributed by atoms with E-state index in [9.17, 15) is 18.0 Å². The molecule has 0 radical (unpaired) electrons. The van der Waals surface area contributed by atoms with Crippen LogP contribution < -0.4 is 19.1 Å². The molecule has 0 heterocycles. The molecular formula is C36H39Cl2N3O6S. The number of halogens is 2.